The fraction of sp³-hybridized carbons (Fsp3) is 0.375. The number of carbonyl (C=O) groups is 3. The number of carbonyl (C=O) groups excluding carboxylic acids is 3. The molecule has 1 saturated heterocycles. The van der Waals surface area contributed by atoms with Gasteiger partial charge in [0.25, 0.3) is 5.91 Å². The Kier molecular flexibility index (Phi) is 8.43. The summed E-state index contributed by atoms with van der Waals surface area (Å²) in [4.78, 5) is 44.5. The summed E-state index contributed by atoms with van der Waals surface area (Å²) in [6.45, 7) is 3.63. The average Bonchev–Trinajstić information content (AvgIpc) is 3.37. The van der Waals surface area contributed by atoms with E-state index in [1.54, 1.807) is 7.11 Å². The quantitative estimate of drug-likeness (QED) is 0.313. The van der Waals surface area contributed by atoms with Gasteiger partial charge in [0.15, 0.2) is 6.61 Å². The molecular formula is C32H35N3O5. The number of hydrogen-bond donors (Lipinski definition) is 1. The van der Waals surface area contributed by atoms with E-state index in [0.717, 1.165) is 52.9 Å². The van der Waals surface area contributed by atoms with E-state index >= 15 is 0 Å². The Labute approximate surface area is 234 Å². The molecule has 40 heavy (non-hydrogen) atoms. The molecule has 2 heterocycles. The Morgan fingerprint density at radius 2 is 1.93 bits per heavy atom. The van der Waals surface area contributed by atoms with Crippen LogP contribution < -0.4 is 10.1 Å². The molecule has 5 rings (SSSR count). The number of amides is 2. The van der Waals surface area contributed by atoms with E-state index in [2.05, 4.69) is 18.3 Å². The van der Waals surface area contributed by atoms with Crippen molar-refractivity contribution in [2.45, 2.75) is 39.0 Å². The molecule has 1 atom stereocenters. The molecule has 8 nitrogen and oxygen atoms in total. The minimum atomic E-state index is -0.523. The highest BCUT2D eigenvalue weighted by Gasteiger charge is 2.29. The molecule has 208 valence electrons. The topological polar surface area (TPSA) is 97.8 Å². The molecule has 1 fully saturated rings. The number of allylic oxidation sites excluding steroid dienone is 1. The Morgan fingerprint density at radius 3 is 2.67 bits per heavy atom. The molecule has 2 aliphatic rings. The molecule has 0 spiro atoms. The monoisotopic (exact) mass is 541 g/mol. The predicted molar refractivity (Wildman–Crippen MR) is 154 cm³/mol. The van der Waals surface area contributed by atoms with Crippen molar-refractivity contribution in [3.63, 3.8) is 0 Å². The van der Waals surface area contributed by atoms with Crippen LogP contribution in [0, 0.1) is 5.92 Å². The number of fused-ring (bicyclic) bond motifs is 2. The van der Waals surface area contributed by atoms with Crippen molar-refractivity contribution in [2.24, 2.45) is 5.92 Å². The van der Waals surface area contributed by atoms with Gasteiger partial charge < -0.3 is 19.7 Å². The molecule has 0 bridgehead atoms. The van der Waals surface area contributed by atoms with Gasteiger partial charge in [0.05, 0.1) is 23.9 Å². The van der Waals surface area contributed by atoms with E-state index in [1.165, 1.54) is 0 Å². The summed E-state index contributed by atoms with van der Waals surface area (Å²) < 4.78 is 10.8. The lowest BCUT2D eigenvalue weighted by atomic mass is 9.80. The summed E-state index contributed by atoms with van der Waals surface area (Å²) in [6.07, 6.45) is 5.81. The van der Waals surface area contributed by atoms with Gasteiger partial charge in [-0.2, -0.15) is 0 Å². The molecule has 2 aromatic carbocycles. The third-order valence-corrected chi connectivity index (χ3v) is 7.51. The number of aromatic nitrogens is 1. The van der Waals surface area contributed by atoms with Gasteiger partial charge in [-0.05, 0) is 72.6 Å². The number of nitrogens with zero attached hydrogens (tertiary/aromatic N) is 2. The molecule has 0 saturated carbocycles. The molecular weight excluding hydrogens is 506 g/mol. The van der Waals surface area contributed by atoms with E-state index in [4.69, 9.17) is 14.5 Å². The van der Waals surface area contributed by atoms with Crippen molar-refractivity contribution in [1.29, 1.82) is 0 Å². The highest BCUT2D eigenvalue weighted by molar-refractivity contribution is 6.07. The summed E-state index contributed by atoms with van der Waals surface area (Å²) in [5.74, 6) is 0.383. The molecule has 8 heteroatoms. The lowest BCUT2D eigenvalue weighted by Crippen LogP contribution is -2.33. The van der Waals surface area contributed by atoms with Crippen molar-refractivity contribution >= 4 is 40.3 Å². The zero-order valence-electron chi connectivity index (χ0n) is 23.1. The zero-order chi connectivity index (χ0) is 28.1. The number of hydrogen-bond acceptors (Lipinski definition) is 6. The highest BCUT2D eigenvalue weighted by atomic mass is 16.5. The minimum absolute atomic E-state index is 0.171. The number of benzene rings is 2. The number of likely N-dealkylation sites (tertiary alicyclic amines) is 1. The van der Waals surface area contributed by atoms with Crippen LogP contribution in [0.1, 0.15) is 59.8 Å². The van der Waals surface area contributed by atoms with Gasteiger partial charge in [-0.1, -0.05) is 37.3 Å². The maximum Gasteiger partial charge on any atom is 0.339 e. The normalized spacial score (nSPS) is 17.6. The number of esters is 1. The third kappa shape index (κ3) is 6.17. The second-order valence-electron chi connectivity index (χ2n) is 10.6. The second kappa shape index (κ2) is 12.3. The molecule has 0 radical (unpaired) electrons. The van der Waals surface area contributed by atoms with E-state index in [-0.39, 0.29) is 18.4 Å². The second-order valence-corrected chi connectivity index (χ2v) is 10.6. The largest absolute Gasteiger partial charge is 0.497 e. The van der Waals surface area contributed by atoms with E-state index in [1.807, 2.05) is 53.4 Å². The van der Waals surface area contributed by atoms with Gasteiger partial charge in [-0.15, -0.1) is 0 Å². The van der Waals surface area contributed by atoms with Crippen LogP contribution in [0.5, 0.6) is 5.75 Å². The third-order valence-electron chi connectivity index (χ3n) is 7.51. The van der Waals surface area contributed by atoms with Gasteiger partial charge in [0, 0.05) is 31.4 Å². The van der Waals surface area contributed by atoms with Crippen LogP contribution in [0.4, 0.5) is 0 Å². The summed E-state index contributed by atoms with van der Waals surface area (Å²) in [6, 6.07) is 15.4. The predicted octanol–water partition coefficient (Wildman–Crippen LogP) is 4.65. The van der Waals surface area contributed by atoms with Gasteiger partial charge in [-0.25, -0.2) is 9.78 Å². The number of methoxy groups -OCH3 is 1. The molecule has 1 aromatic heterocycles. The van der Waals surface area contributed by atoms with Crippen LogP contribution in [0.15, 0.2) is 48.5 Å². The first-order valence-electron chi connectivity index (χ1n) is 13.9. The first kappa shape index (κ1) is 27.4. The lowest BCUT2D eigenvalue weighted by Gasteiger charge is -2.26. The van der Waals surface area contributed by atoms with Crippen molar-refractivity contribution in [3.05, 3.63) is 70.9 Å². The van der Waals surface area contributed by atoms with Gasteiger partial charge in [-0.3, -0.25) is 9.59 Å². The Hall–Kier alpha value is -4.20. The summed E-state index contributed by atoms with van der Waals surface area (Å²) >= 11 is 0. The summed E-state index contributed by atoms with van der Waals surface area (Å²) in [5, 5.41) is 3.51. The SMILES string of the molecule is COc1ccc(C=C2CC(C)Cc3c2nc2ccccc2c3C(=O)OCC(=O)NCCCN2CCCC2=O)cc1. The van der Waals surface area contributed by atoms with Gasteiger partial charge in [0.1, 0.15) is 5.75 Å². The van der Waals surface area contributed by atoms with E-state index in [9.17, 15) is 14.4 Å². The highest BCUT2D eigenvalue weighted by Crippen LogP contribution is 2.38. The van der Waals surface area contributed by atoms with Crippen molar-refractivity contribution in [3.8, 4) is 5.75 Å². The minimum Gasteiger partial charge on any atom is -0.497 e. The average molecular weight is 542 g/mol. The first-order valence-corrected chi connectivity index (χ1v) is 13.9. The zero-order valence-corrected chi connectivity index (χ0v) is 23.1. The smallest absolute Gasteiger partial charge is 0.339 e. The van der Waals surface area contributed by atoms with Crippen molar-refractivity contribution in [1.82, 2.24) is 15.2 Å². The fourth-order valence-corrected chi connectivity index (χ4v) is 5.56. The molecule has 1 unspecified atom stereocenters. The Balaban J connectivity index is 1.34. The Morgan fingerprint density at radius 1 is 1.12 bits per heavy atom. The molecule has 2 amide bonds. The van der Waals surface area contributed by atoms with Gasteiger partial charge in [0.2, 0.25) is 5.91 Å². The molecule has 3 aromatic rings. The van der Waals surface area contributed by atoms with Crippen molar-refractivity contribution in [2.75, 3.05) is 33.4 Å². The number of ether oxygens (including phenoxy) is 2. The van der Waals surface area contributed by atoms with Crippen LogP contribution in [-0.4, -0.2) is 61.0 Å². The maximum absolute atomic E-state index is 13.5. The van der Waals surface area contributed by atoms with Gasteiger partial charge >= 0.3 is 5.97 Å². The van der Waals surface area contributed by atoms with Crippen molar-refractivity contribution < 1.29 is 23.9 Å². The number of pyridine rings is 1. The lowest BCUT2D eigenvalue weighted by molar-refractivity contribution is -0.127. The fourth-order valence-electron chi connectivity index (χ4n) is 5.56. The Bertz CT molecular complexity index is 1450. The van der Waals surface area contributed by atoms with Crippen LogP contribution in [-0.2, 0) is 20.7 Å². The molecule has 1 aliphatic carbocycles. The van der Waals surface area contributed by atoms with Crippen LogP contribution >= 0.6 is 0 Å². The summed E-state index contributed by atoms with van der Waals surface area (Å²) in [5.41, 5.74) is 4.95. The standard InChI is InChI=1S/C32H35N3O5/c1-21-17-23(19-22-10-12-24(39-2)13-11-22)31-26(18-21)30(25-7-3-4-8-27(25)34-31)32(38)40-20-28(36)33-14-6-16-35-15-5-9-29(35)37/h3-4,7-8,10-13,19,21H,5-6,9,14-18,20H2,1-2H3,(H,33,36). The van der Waals surface area contributed by atoms with Crippen LogP contribution in [0.25, 0.3) is 22.6 Å². The number of para-hydroxylation sites is 1. The molecule has 1 aliphatic heterocycles. The summed E-state index contributed by atoms with van der Waals surface area (Å²) in [7, 11) is 1.64. The van der Waals surface area contributed by atoms with Crippen LogP contribution in [0.3, 0.4) is 0 Å². The molecule has 1 N–H and O–H groups in total. The maximum atomic E-state index is 13.5. The van der Waals surface area contributed by atoms with Crippen LogP contribution in [0.2, 0.25) is 0 Å². The number of nitrogens with one attached hydrogen (secondary N) is 1. The first-order chi connectivity index (χ1) is 19.4. The van der Waals surface area contributed by atoms with E-state index in [0.29, 0.717) is 49.4 Å². The number of rotatable bonds is 9. The van der Waals surface area contributed by atoms with E-state index < -0.39 is 5.97 Å².